The van der Waals surface area contributed by atoms with Crippen LogP contribution in [0.5, 0.6) is 0 Å². The molecule has 1 amide bonds. The van der Waals surface area contributed by atoms with Crippen molar-refractivity contribution >= 4 is 5.91 Å². The van der Waals surface area contributed by atoms with Gasteiger partial charge in [-0.05, 0) is 39.2 Å². The Labute approximate surface area is 92.8 Å². The summed E-state index contributed by atoms with van der Waals surface area (Å²) >= 11 is 0. The number of rotatable bonds is 5. The largest absolute Gasteiger partial charge is 0.351 e. The quantitative estimate of drug-likeness (QED) is 0.684. The van der Waals surface area contributed by atoms with Crippen LogP contribution in [0, 0.1) is 0 Å². The summed E-state index contributed by atoms with van der Waals surface area (Å²) in [6, 6.07) is 0. The van der Waals surface area contributed by atoms with Crippen molar-refractivity contribution in [2.75, 3.05) is 6.54 Å². The predicted octanol–water partition coefficient (Wildman–Crippen LogP) is 1.95. The average Bonchev–Trinajstić information content (AvgIpc) is 2.18. The van der Waals surface area contributed by atoms with Gasteiger partial charge in [0.2, 0.25) is 5.91 Å². The number of carbonyl (C=O) groups excluding carboxylic acids is 1. The second kappa shape index (κ2) is 6.11. The van der Waals surface area contributed by atoms with Crippen LogP contribution in [0.25, 0.3) is 0 Å². The van der Waals surface area contributed by atoms with E-state index in [1.807, 2.05) is 0 Å². The minimum atomic E-state index is 0.0675. The fourth-order valence-corrected chi connectivity index (χ4v) is 2.29. The predicted molar refractivity (Wildman–Crippen MR) is 62.5 cm³/mol. The molecular formula is C12H24N2O. The minimum Gasteiger partial charge on any atom is -0.351 e. The fourth-order valence-electron chi connectivity index (χ4n) is 2.29. The highest BCUT2D eigenvalue weighted by molar-refractivity contribution is 5.76. The number of hydrogen-bond acceptors (Lipinski definition) is 2. The summed E-state index contributed by atoms with van der Waals surface area (Å²) in [7, 11) is 0. The maximum Gasteiger partial charge on any atom is 0.220 e. The Morgan fingerprint density at radius 3 is 2.53 bits per heavy atom. The standard InChI is InChI=1S/C12H24N2O/c1-12(8-4-2-5-9-12)14-11(15)7-3-6-10-13/h2-10,13H2,1H3,(H,14,15). The van der Waals surface area contributed by atoms with Crippen LogP contribution in [0.3, 0.4) is 0 Å². The van der Waals surface area contributed by atoms with E-state index in [2.05, 4.69) is 12.2 Å². The molecule has 0 atom stereocenters. The number of nitrogens with two attached hydrogens (primary N) is 1. The molecule has 3 nitrogen and oxygen atoms in total. The van der Waals surface area contributed by atoms with Gasteiger partial charge in [0.15, 0.2) is 0 Å². The third-order valence-electron chi connectivity index (χ3n) is 3.26. The van der Waals surface area contributed by atoms with E-state index in [1.165, 1.54) is 19.3 Å². The van der Waals surface area contributed by atoms with Crippen molar-refractivity contribution in [2.45, 2.75) is 63.8 Å². The van der Waals surface area contributed by atoms with Gasteiger partial charge >= 0.3 is 0 Å². The highest BCUT2D eigenvalue weighted by Gasteiger charge is 2.27. The molecule has 1 aliphatic carbocycles. The van der Waals surface area contributed by atoms with Gasteiger partial charge in [0, 0.05) is 12.0 Å². The minimum absolute atomic E-state index is 0.0675. The maximum absolute atomic E-state index is 11.6. The second-order valence-electron chi connectivity index (χ2n) is 4.92. The zero-order valence-electron chi connectivity index (χ0n) is 9.85. The van der Waals surface area contributed by atoms with E-state index in [4.69, 9.17) is 5.73 Å². The SMILES string of the molecule is CC1(NC(=O)CCCCN)CCCCC1. The van der Waals surface area contributed by atoms with Crippen molar-refractivity contribution in [3.05, 3.63) is 0 Å². The monoisotopic (exact) mass is 212 g/mol. The molecule has 88 valence electrons. The van der Waals surface area contributed by atoms with E-state index in [-0.39, 0.29) is 11.4 Å². The smallest absolute Gasteiger partial charge is 0.220 e. The van der Waals surface area contributed by atoms with Crippen LogP contribution in [0.15, 0.2) is 0 Å². The van der Waals surface area contributed by atoms with Crippen molar-refractivity contribution in [1.29, 1.82) is 0 Å². The third kappa shape index (κ3) is 4.65. The molecule has 0 heterocycles. The molecule has 0 aromatic carbocycles. The van der Waals surface area contributed by atoms with E-state index in [0.29, 0.717) is 13.0 Å². The van der Waals surface area contributed by atoms with E-state index < -0.39 is 0 Å². The molecule has 0 spiro atoms. The first kappa shape index (κ1) is 12.5. The fraction of sp³-hybridized carbons (Fsp3) is 0.917. The molecular weight excluding hydrogens is 188 g/mol. The Balaban J connectivity index is 2.23. The number of carbonyl (C=O) groups is 1. The number of amides is 1. The zero-order valence-corrected chi connectivity index (χ0v) is 9.85. The van der Waals surface area contributed by atoms with E-state index in [1.54, 1.807) is 0 Å². The number of unbranched alkanes of at least 4 members (excludes halogenated alkanes) is 1. The summed E-state index contributed by atoms with van der Waals surface area (Å²) in [4.78, 5) is 11.6. The zero-order chi connectivity index (χ0) is 11.1. The first-order valence-electron chi connectivity index (χ1n) is 6.17. The highest BCUT2D eigenvalue weighted by Crippen LogP contribution is 2.27. The lowest BCUT2D eigenvalue weighted by Crippen LogP contribution is -2.47. The molecule has 0 aromatic rings. The van der Waals surface area contributed by atoms with Gasteiger partial charge in [0.25, 0.3) is 0 Å². The van der Waals surface area contributed by atoms with Gasteiger partial charge in [0.05, 0.1) is 0 Å². The van der Waals surface area contributed by atoms with Gasteiger partial charge in [-0.1, -0.05) is 19.3 Å². The molecule has 0 bridgehead atoms. The Hall–Kier alpha value is -0.570. The molecule has 0 radical (unpaired) electrons. The molecule has 15 heavy (non-hydrogen) atoms. The van der Waals surface area contributed by atoms with Crippen molar-refractivity contribution in [3.63, 3.8) is 0 Å². The summed E-state index contributed by atoms with van der Waals surface area (Å²) in [5.74, 6) is 0.202. The van der Waals surface area contributed by atoms with Crippen LogP contribution in [0.1, 0.15) is 58.3 Å². The molecule has 0 saturated heterocycles. The van der Waals surface area contributed by atoms with Crippen LogP contribution in [0.2, 0.25) is 0 Å². The Bertz CT molecular complexity index is 198. The molecule has 3 N–H and O–H groups in total. The normalized spacial score (nSPS) is 19.9. The van der Waals surface area contributed by atoms with Gasteiger partial charge in [-0.2, -0.15) is 0 Å². The third-order valence-corrected chi connectivity index (χ3v) is 3.26. The molecule has 0 aliphatic heterocycles. The van der Waals surface area contributed by atoms with Crippen LogP contribution in [-0.2, 0) is 4.79 Å². The molecule has 1 saturated carbocycles. The summed E-state index contributed by atoms with van der Waals surface area (Å²) < 4.78 is 0. The Morgan fingerprint density at radius 1 is 1.27 bits per heavy atom. The van der Waals surface area contributed by atoms with Crippen molar-refractivity contribution in [3.8, 4) is 0 Å². The molecule has 1 rings (SSSR count). The highest BCUT2D eigenvalue weighted by atomic mass is 16.1. The van der Waals surface area contributed by atoms with Gasteiger partial charge in [0.1, 0.15) is 0 Å². The maximum atomic E-state index is 11.6. The first-order valence-corrected chi connectivity index (χ1v) is 6.17. The summed E-state index contributed by atoms with van der Waals surface area (Å²) in [6.45, 7) is 2.86. The lowest BCUT2D eigenvalue weighted by Gasteiger charge is -2.34. The topological polar surface area (TPSA) is 55.1 Å². The molecule has 3 heteroatoms. The lowest BCUT2D eigenvalue weighted by atomic mass is 9.83. The molecule has 0 unspecified atom stereocenters. The van der Waals surface area contributed by atoms with Crippen LogP contribution in [-0.4, -0.2) is 18.0 Å². The van der Waals surface area contributed by atoms with Gasteiger partial charge in [-0.3, -0.25) is 4.79 Å². The van der Waals surface area contributed by atoms with Gasteiger partial charge < -0.3 is 11.1 Å². The summed E-state index contributed by atoms with van der Waals surface area (Å²) in [5.41, 5.74) is 5.46. The summed E-state index contributed by atoms with van der Waals surface area (Å²) in [5, 5.41) is 3.17. The molecule has 1 aliphatic rings. The summed E-state index contributed by atoms with van der Waals surface area (Å²) in [6.07, 6.45) is 8.58. The van der Waals surface area contributed by atoms with Crippen molar-refractivity contribution in [2.24, 2.45) is 5.73 Å². The van der Waals surface area contributed by atoms with Gasteiger partial charge in [-0.15, -0.1) is 0 Å². The first-order chi connectivity index (χ1) is 7.16. The number of hydrogen-bond donors (Lipinski definition) is 2. The number of nitrogens with one attached hydrogen (secondary N) is 1. The van der Waals surface area contributed by atoms with E-state index in [0.717, 1.165) is 25.7 Å². The van der Waals surface area contributed by atoms with Crippen LogP contribution in [0.4, 0.5) is 0 Å². The van der Waals surface area contributed by atoms with Crippen LogP contribution < -0.4 is 11.1 Å². The van der Waals surface area contributed by atoms with Crippen molar-refractivity contribution < 1.29 is 4.79 Å². The van der Waals surface area contributed by atoms with E-state index in [9.17, 15) is 4.79 Å². The average molecular weight is 212 g/mol. The Kier molecular flexibility index (Phi) is 5.09. The second-order valence-corrected chi connectivity index (χ2v) is 4.92. The van der Waals surface area contributed by atoms with Crippen molar-refractivity contribution in [1.82, 2.24) is 5.32 Å². The molecule has 1 fully saturated rings. The van der Waals surface area contributed by atoms with E-state index >= 15 is 0 Å². The Morgan fingerprint density at radius 2 is 1.93 bits per heavy atom. The van der Waals surface area contributed by atoms with Crippen LogP contribution >= 0.6 is 0 Å². The molecule has 0 aromatic heterocycles. The van der Waals surface area contributed by atoms with Gasteiger partial charge in [-0.25, -0.2) is 0 Å². The lowest BCUT2D eigenvalue weighted by molar-refractivity contribution is -0.123.